The van der Waals surface area contributed by atoms with Crippen molar-refractivity contribution in [2.45, 2.75) is 70.6 Å². The summed E-state index contributed by atoms with van der Waals surface area (Å²) in [6.07, 6.45) is 14.7. The van der Waals surface area contributed by atoms with Crippen LogP contribution in [0.2, 0.25) is 0 Å². The van der Waals surface area contributed by atoms with Crippen molar-refractivity contribution in [3.63, 3.8) is 0 Å². The van der Waals surface area contributed by atoms with Crippen LogP contribution in [0.4, 0.5) is 0 Å². The van der Waals surface area contributed by atoms with Gasteiger partial charge in [0.1, 0.15) is 5.84 Å². The van der Waals surface area contributed by atoms with Gasteiger partial charge in [0.15, 0.2) is 0 Å². The monoisotopic (exact) mass is 301 g/mol. The molecule has 5 rings (SSSR count). The lowest BCUT2D eigenvalue weighted by Crippen LogP contribution is -2.55. The molecule has 0 aromatic rings. The van der Waals surface area contributed by atoms with Crippen LogP contribution >= 0.6 is 0 Å². The van der Waals surface area contributed by atoms with E-state index in [1.54, 1.807) is 0 Å². The third-order valence-electron chi connectivity index (χ3n) is 6.87. The van der Waals surface area contributed by atoms with E-state index in [1.807, 2.05) is 0 Å². The first kappa shape index (κ1) is 14.6. The molecule has 5 aliphatic rings. The number of hydrazone groups is 1. The standard InChI is InChI=1S/C19H31N3/c1-14-6-4-2-3-5-7-22(14)18(21-20)19-11-15-8-16(12-19)10-17(9-15)13-19/h15-17H,1-13,20H2/b21-18-. The third kappa shape index (κ3) is 2.37. The summed E-state index contributed by atoms with van der Waals surface area (Å²) in [7, 11) is 0. The second-order valence-electron chi connectivity index (χ2n) is 8.53. The van der Waals surface area contributed by atoms with Crippen LogP contribution in [0.5, 0.6) is 0 Å². The minimum Gasteiger partial charge on any atom is -0.332 e. The molecule has 0 amide bonds. The molecule has 4 aliphatic carbocycles. The van der Waals surface area contributed by atoms with Crippen molar-refractivity contribution in [3.8, 4) is 0 Å². The summed E-state index contributed by atoms with van der Waals surface area (Å²) < 4.78 is 0. The molecule has 4 bridgehead atoms. The van der Waals surface area contributed by atoms with Crippen LogP contribution in [-0.2, 0) is 0 Å². The third-order valence-corrected chi connectivity index (χ3v) is 6.87. The fraction of sp³-hybridized carbons (Fsp3) is 0.842. The van der Waals surface area contributed by atoms with Gasteiger partial charge in [-0.15, -0.1) is 0 Å². The number of likely N-dealkylation sites (tertiary alicyclic amines) is 1. The highest BCUT2D eigenvalue weighted by atomic mass is 15.3. The van der Waals surface area contributed by atoms with Crippen LogP contribution in [0.1, 0.15) is 70.6 Å². The Kier molecular flexibility index (Phi) is 3.70. The Labute approximate surface area is 135 Å². The molecule has 122 valence electrons. The molecular weight excluding hydrogens is 270 g/mol. The van der Waals surface area contributed by atoms with Crippen molar-refractivity contribution in [3.05, 3.63) is 12.3 Å². The zero-order chi connectivity index (χ0) is 15.2. The molecule has 3 heteroatoms. The van der Waals surface area contributed by atoms with Gasteiger partial charge in [-0.1, -0.05) is 19.4 Å². The number of nitrogens with two attached hydrogens (primary N) is 1. The predicted octanol–water partition coefficient (Wildman–Crippen LogP) is 4.25. The van der Waals surface area contributed by atoms with Gasteiger partial charge >= 0.3 is 0 Å². The van der Waals surface area contributed by atoms with E-state index in [1.165, 1.54) is 75.7 Å². The second kappa shape index (κ2) is 5.58. The number of allylic oxidation sites excluding steroid dienone is 1. The summed E-state index contributed by atoms with van der Waals surface area (Å²) in [5.41, 5.74) is 1.55. The van der Waals surface area contributed by atoms with Crippen LogP contribution in [0.15, 0.2) is 17.4 Å². The van der Waals surface area contributed by atoms with E-state index in [2.05, 4.69) is 16.6 Å². The summed E-state index contributed by atoms with van der Waals surface area (Å²) in [6.45, 7) is 5.46. The fourth-order valence-corrected chi connectivity index (χ4v) is 6.38. The maximum absolute atomic E-state index is 5.98. The maximum Gasteiger partial charge on any atom is 0.134 e. The first-order chi connectivity index (χ1) is 10.7. The van der Waals surface area contributed by atoms with Gasteiger partial charge < -0.3 is 10.7 Å². The van der Waals surface area contributed by atoms with E-state index >= 15 is 0 Å². The molecule has 0 aromatic carbocycles. The summed E-state index contributed by atoms with van der Waals surface area (Å²) in [6, 6.07) is 0. The zero-order valence-corrected chi connectivity index (χ0v) is 13.9. The Bertz CT molecular complexity index is 444. The van der Waals surface area contributed by atoms with E-state index in [-0.39, 0.29) is 5.41 Å². The molecule has 3 nitrogen and oxygen atoms in total. The summed E-state index contributed by atoms with van der Waals surface area (Å²) in [5.74, 6) is 10.00. The van der Waals surface area contributed by atoms with Gasteiger partial charge in [-0.2, -0.15) is 5.10 Å². The number of rotatable bonds is 1. The van der Waals surface area contributed by atoms with Crippen molar-refractivity contribution in [2.24, 2.45) is 34.1 Å². The predicted molar refractivity (Wildman–Crippen MR) is 91.2 cm³/mol. The highest BCUT2D eigenvalue weighted by Gasteiger charge is 2.54. The summed E-state index contributed by atoms with van der Waals surface area (Å²) in [5, 5.41) is 4.41. The Morgan fingerprint density at radius 2 is 1.59 bits per heavy atom. The molecule has 0 unspecified atom stereocenters. The molecule has 0 aromatic heterocycles. The SMILES string of the molecule is C=C1CCCCCCN1/C(=N\N)C12CC3CC(CC(C3)C1)C2. The fourth-order valence-electron chi connectivity index (χ4n) is 6.38. The molecule has 1 saturated heterocycles. The van der Waals surface area contributed by atoms with Gasteiger partial charge in [0.2, 0.25) is 0 Å². The quantitative estimate of drug-likeness (QED) is 0.340. The Hall–Kier alpha value is -0.990. The van der Waals surface area contributed by atoms with Crippen molar-refractivity contribution in [1.29, 1.82) is 0 Å². The van der Waals surface area contributed by atoms with E-state index in [0.29, 0.717) is 0 Å². The van der Waals surface area contributed by atoms with Crippen LogP contribution in [-0.4, -0.2) is 17.3 Å². The van der Waals surface area contributed by atoms with Gasteiger partial charge in [-0.05, 0) is 75.5 Å². The van der Waals surface area contributed by atoms with E-state index in [0.717, 1.165) is 30.7 Å². The second-order valence-corrected chi connectivity index (χ2v) is 8.53. The average Bonchev–Trinajstić information content (AvgIpc) is 2.45. The first-order valence-corrected chi connectivity index (χ1v) is 9.44. The van der Waals surface area contributed by atoms with Gasteiger partial charge in [-0.3, -0.25) is 0 Å². The topological polar surface area (TPSA) is 41.6 Å². The minimum atomic E-state index is 0.283. The first-order valence-electron chi connectivity index (χ1n) is 9.44. The number of hydrogen-bond donors (Lipinski definition) is 1. The zero-order valence-electron chi connectivity index (χ0n) is 13.9. The Morgan fingerprint density at radius 3 is 2.18 bits per heavy atom. The van der Waals surface area contributed by atoms with Crippen molar-refractivity contribution < 1.29 is 0 Å². The average molecular weight is 301 g/mol. The lowest BCUT2D eigenvalue weighted by Gasteiger charge is -2.58. The molecule has 0 spiro atoms. The van der Waals surface area contributed by atoms with Crippen LogP contribution in [0, 0.1) is 23.2 Å². The number of amidine groups is 1. The van der Waals surface area contributed by atoms with Gasteiger partial charge in [-0.25, -0.2) is 0 Å². The lowest BCUT2D eigenvalue weighted by atomic mass is 9.49. The largest absolute Gasteiger partial charge is 0.332 e. The summed E-state index contributed by atoms with van der Waals surface area (Å²) >= 11 is 0. The van der Waals surface area contributed by atoms with E-state index in [4.69, 9.17) is 5.84 Å². The van der Waals surface area contributed by atoms with Gasteiger partial charge in [0.25, 0.3) is 0 Å². The molecular formula is C19H31N3. The smallest absolute Gasteiger partial charge is 0.134 e. The molecule has 5 fully saturated rings. The minimum absolute atomic E-state index is 0.283. The Morgan fingerprint density at radius 1 is 1.00 bits per heavy atom. The summed E-state index contributed by atoms with van der Waals surface area (Å²) in [4.78, 5) is 2.44. The molecule has 1 heterocycles. The normalized spacial score (nSPS) is 42.4. The van der Waals surface area contributed by atoms with Crippen LogP contribution < -0.4 is 5.84 Å². The van der Waals surface area contributed by atoms with Crippen LogP contribution in [0.3, 0.4) is 0 Å². The number of nitrogens with zero attached hydrogens (tertiary/aromatic N) is 2. The van der Waals surface area contributed by atoms with Crippen molar-refractivity contribution >= 4 is 5.84 Å². The molecule has 2 N–H and O–H groups in total. The van der Waals surface area contributed by atoms with E-state index in [9.17, 15) is 0 Å². The molecule has 4 saturated carbocycles. The van der Waals surface area contributed by atoms with Crippen molar-refractivity contribution in [1.82, 2.24) is 4.90 Å². The van der Waals surface area contributed by atoms with Crippen molar-refractivity contribution in [2.75, 3.05) is 6.54 Å². The number of hydrogen-bond acceptors (Lipinski definition) is 2. The molecule has 1 aliphatic heterocycles. The molecule has 0 atom stereocenters. The molecule has 0 radical (unpaired) electrons. The lowest BCUT2D eigenvalue weighted by molar-refractivity contribution is -0.0178. The van der Waals surface area contributed by atoms with Crippen LogP contribution in [0.25, 0.3) is 0 Å². The van der Waals surface area contributed by atoms with Gasteiger partial charge in [0, 0.05) is 17.7 Å². The highest BCUT2D eigenvalue weighted by molar-refractivity contribution is 5.90. The Balaban J connectivity index is 1.62. The molecule has 22 heavy (non-hydrogen) atoms. The highest BCUT2D eigenvalue weighted by Crippen LogP contribution is 2.61. The maximum atomic E-state index is 5.98. The van der Waals surface area contributed by atoms with E-state index < -0.39 is 0 Å². The van der Waals surface area contributed by atoms with Gasteiger partial charge in [0.05, 0.1) is 0 Å².